The first-order chi connectivity index (χ1) is 9.74. The Hall–Kier alpha value is -1.38. The van der Waals surface area contributed by atoms with Crippen molar-refractivity contribution in [1.82, 2.24) is 4.90 Å². The van der Waals surface area contributed by atoms with E-state index >= 15 is 0 Å². The highest BCUT2D eigenvalue weighted by Gasteiger charge is 2.37. The number of halogens is 1. The van der Waals surface area contributed by atoms with Gasteiger partial charge in [-0.1, -0.05) is 31.4 Å². The van der Waals surface area contributed by atoms with Crippen LogP contribution in [0.1, 0.15) is 50.5 Å². The lowest BCUT2D eigenvalue weighted by Crippen LogP contribution is -2.43. The molecular formula is C17H22FNO. The lowest BCUT2D eigenvalue weighted by molar-refractivity contribution is -0.134. The van der Waals surface area contributed by atoms with Crippen LogP contribution in [0.15, 0.2) is 24.3 Å². The minimum absolute atomic E-state index is 0.185. The summed E-state index contributed by atoms with van der Waals surface area (Å²) in [5, 5.41) is 0. The fourth-order valence-corrected chi connectivity index (χ4v) is 3.33. The van der Waals surface area contributed by atoms with Crippen LogP contribution >= 0.6 is 0 Å². The van der Waals surface area contributed by atoms with E-state index in [1.54, 1.807) is 6.07 Å². The second-order valence-corrected chi connectivity index (χ2v) is 6.13. The van der Waals surface area contributed by atoms with Gasteiger partial charge in [0.05, 0.1) is 6.42 Å². The molecule has 0 heterocycles. The number of benzene rings is 1. The van der Waals surface area contributed by atoms with Gasteiger partial charge in [-0.15, -0.1) is 0 Å². The van der Waals surface area contributed by atoms with Crippen LogP contribution < -0.4 is 0 Å². The topological polar surface area (TPSA) is 20.3 Å². The maximum absolute atomic E-state index is 13.2. The van der Waals surface area contributed by atoms with Crippen molar-refractivity contribution in [2.75, 3.05) is 0 Å². The van der Waals surface area contributed by atoms with Crippen LogP contribution in [0.25, 0.3) is 0 Å². The second kappa shape index (κ2) is 5.94. The van der Waals surface area contributed by atoms with E-state index in [9.17, 15) is 9.18 Å². The lowest BCUT2D eigenvalue weighted by Gasteiger charge is -2.34. The molecule has 2 aliphatic rings. The summed E-state index contributed by atoms with van der Waals surface area (Å²) < 4.78 is 13.2. The molecule has 0 saturated heterocycles. The van der Waals surface area contributed by atoms with E-state index < -0.39 is 0 Å². The standard InChI is InChI=1S/C17H22FNO/c18-14-6-4-5-13(11-14)12-17(20)19(16-9-10-16)15-7-2-1-3-8-15/h4-6,11,15-16H,1-3,7-10,12H2. The fraction of sp³-hybridized carbons (Fsp3) is 0.588. The quantitative estimate of drug-likeness (QED) is 0.820. The average molecular weight is 275 g/mol. The summed E-state index contributed by atoms with van der Waals surface area (Å²) in [6, 6.07) is 7.31. The SMILES string of the molecule is O=C(Cc1cccc(F)c1)N(C1CCCCC1)C1CC1. The van der Waals surface area contributed by atoms with Crippen molar-refractivity contribution in [1.29, 1.82) is 0 Å². The van der Waals surface area contributed by atoms with Crippen LogP contribution in [0.5, 0.6) is 0 Å². The predicted molar refractivity (Wildman–Crippen MR) is 76.8 cm³/mol. The molecule has 1 amide bonds. The van der Waals surface area contributed by atoms with Gasteiger partial charge in [-0.2, -0.15) is 0 Å². The van der Waals surface area contributed by atoms with E-state index in [2.05, 4.69) is 4.90 Å². The number of hydrogen-bond donors (Lipinski definition) is 0. The highest BCUT2D eigenvalue weighted by molar-refractivity contribution is 5.79. The summed E-state index contributed by atoms with van der Waals surface area (Å²) in [5.41, 5.74) is 0.788. The molecule has 0 N–H and O–H groups in total. The third-order valence-electron chi connectivity index (χ3n) is 4.44. The molecule has 2 nitrogen and oxygen atoms in total. The minimum atomic E-state index is -0.258. The fourth-order valence-electron chi connectivity index (χ4n) is 3.33. The molecule has 2 aliphatic carbocycles. The predicted octanol–water partition coefficient (Wildman–Crippen LogP) is 3.69. The van der Waals surface area contributed by atoms with E-state index in [4.69, 9.17) is 0 Å². The zero-order chi connectivity index (χ0) is 13.9. The van der Waals surface area contributed by atoms with Gasteiger partial charge in [-0.05, 0) is 43.4 Å². The van der Waals surface area contributed by atoms with Crippen LogP contribution in [0.2, 0.25) is 0 Å². The molecule has 0 aromatic heterocycles. The summed E-state index contributed by atoms with van der Waals surface area (Å²) in [5.74, 6) is -0.0732. The van der Waals surface area contributed by atoms with Crippen molar-refractivity contribution >= 4 is 5.91 Å². The van der Waals surface area contributed by atoms with Gasteiger partial charge >= 0.3 is 0 Å². The maximum Gasteiger partial charge on any atom is 0.227 e. The molecule has 1 aromatic rings. The Morgan fingerprint density at radius 1 is 1.10 bits per heavy atom. The van der Waals surface area contributed by atoms with Crippen molar-refractivity contribution in [3.8, 4) is 0 Å². The molecule has 20 heavy (non-hydrogen) atoms. The number of carbonyl (C=O) groups excluding carboxylic acids is 1. The van der Waals surface area contributed by atoms with E-state index in [0.717, 1.165) is 31.2 Å². The molecule has 0 atom stereocenters. The molecular weight excluding hydrogens is 253 g/mol. The van der Waals surface area contributed by atoms with Gasteiger partial charge in [0.25, 0.3) is 0 Å². The minimum Gasteiger partial charge on any atom is -0.336 e. The van der Waals surface area contributed by atoms with E-state index in [1.807, 2.05) is 6.07 Å². The molecule has 2 fully saturated rings. The highest BCUT2D eigenvalue weighted by Crippen LogP contribution is 2.34. The normalized spacial score (nSPS) is 19.9. The van der Waals surface area contributed by atoms with Gasteiger partial charge in [-0.25, -0.2) is 4.39 Å². The molecule has 0 unspecified atom stereocenters. The largest absolute Gasteiger partial charge is 0.336 e. The summed E-state index contributed by atoms with van der Waals surface area (Å²) in [7, 11) is 0. The van der Waals surface area contributed by atoms with Gasteiger partial charge in [-0.3, -0.25) is 4.79 Å². The monoisotopic (exact) mass is 275 g/mol. The van der Waals surface area contributed by atoms with E-state index in [-0.39, 0.29) is 11.7 Å². The molecule has 3 heteroatoms. The van der Waals surface area contributed by atoms with Crippen molar-refractivity contribution in [3.05, 3.63) is 35.6 Å². The number of amides is 1. The first kappa shape index (κ1) is 13.6. The zero-order valence-corrected chi connectivity index (χ0v) is 11.9. The molecule has 108 valence electrons. The number of nitrogens with zero attached hydrogens (tertiary/aromatic N) is 1. The Morgan fingerprint density at radius 3 is 2.45 bits per heavy atom. The zero-order valence-electron chi connectivity index (χ0n) is 11.9. The Balaban J connectivity index is 1.69. The summed E-state index contributed by atoms with van der Waals surface area (Å²) in [6.07, 6.45) is 8.69. The van der Waals surface area contributed by atoms with Gasteiger partial charge in [0.15, 0.2) is 0 Å². The second-order valence-electron chi connectivity index (χ2n) is 6.13. The highest BCUT2D eigenvalue weighted by atomic mass is 19.1. The van der Waals surface area contributed by atoms with E-state index in [0.29, 0.717) is 18.5 Å². The number of rotatable bonds is 4. The summed E-state index contributed by atoms with van der Waals surface area (Å²) in [4.78, 5) is 14.7. The van der Waals surface area contributed by atoms with Crippen molar-refractivity contribution < 1.29 is 9.18 Å². The number of carbonyl (C=O) groups is 1. The molecule has 0 spiro atoms. The van der Waals surface area contributed by atoms with Crippen molar-refractivity contribution in [3.63, 3.8) is 0 Å². The third kappa shape index (κ3) is 3.20. The maximum atomic E-state index is 13.2. The molecule has 3 rings (SSSR count). The van der Waals surface area contributed by atoms with E-state index in [1.165, 1.54) is 31.4 Å². The first-order valence-electron chi connectivity index (χ1n) is 7.79. The average Bonchev–Trinajstić information content (AvgIpc) is 3.25. The summed E-state index contributed by atoms with van der Waals surface area (Å²) >= 11 is 0. The van der Waals surface area contributed by atoms with Crippen LogP contribution in [0, 0.1) is 5.82 Å². The van der Waals surface area contributed by atoms with Crippen LogP contribution in [0.4, 0.5) is 4.39 Å². The first-order valence-corrected chi connectivity index (χ1v) is 7.79. The van der Waals surface area contributed by atoms with Gasteiger partial charge < -0.3 is 4.90 Å². The number of hydrogen-bond acceptors (Lipinski definition) is 1. The Labute approximate surface area is 120 Å². The van der Waals surface area contributed by atoms with Gasteiger partial charge in [0, 0.05) is 12.1 Å². The van der Waals surface area contributed by atoms with Gasteiger partial charge in [0.1, 0.15) is 5.82 Å². The van der Waals surface area contributed by atoms with Gasteiger partial charge in [0.2, 0.25) is 5.91 Å². The van der Waals surface area contributed by atoms with Crippen LogP contribution in [-0.2, 0) is 11.2 Å². The molecule has 1 aromatic carbocycles. The molecule has 2 saturated carbocycles. The third-order valence-corrected chi connectivity index (χ3v) is 4.44. The van der Waals surface area contributed by atoms with Crippen LogP contribution in [-0.4, -0.2) is 22.9 Å². The van der Waals surface area contributed by atoms with Crippen molar-refractivity contribution in [2.24, 2.45) is 0 Å². The molecule has 0 aliphatic heterocycles. The van der Waals surface area contributed by atoms with Crippen molar-refractivity contribution in [2.45, 2.75) is 63.5 Å². The van der Waals surface area contributed by atoms with Crippen LogP contribution in [0.3, 0.4) is 0 Å². The molecule has 0 bridgehead atoms. The Morgan fingerprint density at radius 2 is 1.80 bits per heavy atom. The Kier molecular flexibility index (Phi) is 4.04. The molecule has 0 radical (unpaired) electrons. The smallest absolute Gasteiger partial charge is 0.227 e. The lowest BCUT2D eigenvalue weighted by atomic mass is 9.93. The summed E-state index contributed by atoms with van der Waals surface area (Å²) in [6.45, 7) is 0. The Bertz CT molecular complexity index is 478.